The van der Waals surface area contributed by atoms with Crippen LogP contribution in [0.25, 0.3) is 0 Å². The predicted molar refractivity (Wildman–Crippen MR) is 57.6 cm³/mol. The molecule has 1 rings (SSSR count). The van der Waals surface area contributed by atoms with Gasteiger partial charge >= 0.3 is 0 Å². The van der Waals surface area contributed by atoms with Gasteiger partial charge < -0.3 is 5.73 Å². The summed E-state index contributed by atoms with van der Waals surface area (Å²) in [6, 6.07) is 0.656. The van der Waals surface area contributed by atoms with Gasteiger partial charge in [-0.1, -0.05) is 6.92 Å². The van der Waals surface area contributed by atoms with Gasteiger partial charge in [-0.05, 0) is 12.5 Å². The second kappa shape index (κ2) is 5.33. The Balaban J connectivity index is 2.78. The minimum atomic E-state index is -3.72. The third-order valence-corrected chi connectivity index (χ3v) is 3.44. The quantitative estimate of drug-likeness (QED) is 0.780. The molecule has 1 unspecified atom stereocenters. The van der Waals surface area contributed by atoms with E-state index in [1.807, 2.05) is 6.92 Å². The van der Waals surface area contributed by atoms with Crippen LogP contribution in [0.2, 0.25) is 0 Å². The smallest absolute Gasteiger partial charge is 0.242 e. The number of aromatic nitrogens is 1. The Labute approximate surface area is 93.9 Å². The van der Waals surface area contributed by atoms with Gasteiger partial charge in [0.2, 0.25) is 10.0 Å². The van der Waals surface area contributed by atoms with E-state index in [0.29, 0.717) is 6.42 Å². The fourth-order valence-electron chi connectivity index (χ4n) is 0.984. The molecule has 1 aromatic heterocycles. The zero-order chi connectivity index (χ0) is 12.2. The van der Waals surface area contributed by atoms with Crippen LogP contribution in [-0.4, -0.2) is 26.0 Å². The van der Waals surface area contributed by atoms with Crippen molar-refractivity contribution in [1.82, 2.24) is 9.71 Å². The predicted octanol–water partition coefficient (Wildman–Crippen LogP) is 0.236. The van der Waals surface area contributed by atoms with Crippen LogP contribution in [0.1, 0.15) is 13.3 Å². The highest BCUT2D eigenvalue weighted by Crippen LogP contribution is 2.08. The molecule has 0 saturated carbocycles. The summed E-state index contributed by atoms with van der Waals surface area (Å²) in [5, 5.41) is 0. The van der Waals surface area contributed by atoms with Crippen LogP contribution in [0.3, 0.4) is 0 Å². The largest absolute Gasteiger partial charge is 0.327 e. The molecule has 0 spiro atoms. The molecular weight excluding hydrogens is 233 g/mol. The number of nitrogens with zero attached hydrogens (tertiary/aromatic N) is 1. The summed E-state index contributed by atoms with van der Waals surface area (Å²) in [7, 11) is -3.72. The lowest BCUT2D eigenvalue weighted by molar-refractivity contribution is 0.560. The first kappa shape index (κ1) is 13.0. The lowest BCUT2D eigenvalue weighted by Gasteiger charge is -2.10. The Kier molecular flexibility index (Phi) is 4.34. The highest BCUT2D eigenvalue weighted by Gasteiger charge is 2.15. The molecule has 1 heterocycles. The van der Waals surface area contributed by atoms with Gasteiger partial charge in [0.25, 0.3) is 0 Å². The van der Waals surface area contributed by atoms with Crippen molar-refractivity contribution in [3.63, 3.8) is 0 Å². The molecule has 5 nitrogen and oxygen atoms in total. The first-order valence-electron chi connectivity index (χ1n) is 4.81. The molecule has 1 aromatic rings. The average Bonchev–Trinajstić information content (AvgIpc) is 2.26. The summed E-state index contributed by atoms with van der Waals surface area (Å²) in [6.07, 6.45) is 2.68. The Morgan fingerprint density at radius 1 is 1.56 bits per heavy atom. The first-order valence-corrected chi connectivity index (χ1v) is 6.30. The summed E-state index contributed by atoms with van der Waals surface area (Å²) < 4.78 is 38.3. The van der Waals surface area contributed by atoms with Crippen molar-refractivity contribution in [2.75, 3.05) is 6.54 Å². The lowest BCUT2D eigenvalue weighted by Crippen LogP contribution is -2.36. The van der Waals surface area contributed by atoms with E-state index < -0.39 is 15.8 Å². The third-order valence-electron chi connectivity index (χ3n) is 2.05. The summed E-state index contributed by atoms with van der Waals surface area (Å²) in [5.41, 5.74) is 5.57. The molecule has 0 radical (unpaired) electrons. The molecule has 1 atom stereocenters. The number of pyridine rings is 1. The second-order valence-electron chi connectivity index (χ2n) is 3.36. The zero-order valence-electron chi connectivity index (χ0n) is 8.85. The molecule has 0 amide bonds. The van der Waals surface area contributed by atoms with Gasteiger partial charge in [-0.2, -0.15) is 0 Å². The maximum absolute atomic E-state index is 12.8. The average molecular weight is 247 g/mol. The minimum Gasteiger partial charge on any atom is -0.327 e. The topological polar surface area (TPSA) is 85.1 Å². The van der Waals surface area contributed by atoms with Crippen molar-refractivity contribution in [3.8, 4) is 0 Å². The Morgan fingerprint density at radius 2 is 2.25 bits per heavy atom. The van der Waals surface area contributed by atoms with Crippen molar-refractivity contribution >= 4 is 10.0 Å². The molecule has 0 fully saturated rings. The van der Waals surface area contributed by atoms with Gasteiger partial charge in [0.05, 0.1) is 6.20 Å². The van der Waals surface area contributed by atoms with Crippen LogP contribution >= 0.6 is 0 Å². The number of sulfonamides is 1. The van der Waals surface area contributed by atoms with Crippen molar-refractivity contribution in [1.29, 1.82) is 0 Å². The first-order chi connectivity index (χ1) is 7.45. The second-order valence-corrected chi connectivity index (χ2v) is 5.13. The van der Waals surface area contributed by atoms with Gasteiger partial charge in [0.15, 0.2) is 0 Å². The molecule has 0 aromatic carbocycles. The Hall–Kier alpha value is -1.05. The van der Waals surface area contributed by atoms with Gasteiger partial charge in [-0.3, -0.25) is 4.98 Å². The number of nitrogens with two attached hydrogens (primary N) is 1. The zero-order valence-corrected chi connectivity index (χ0v) is 9.67. The van der Waals surface area contributed by atoms with E-state index in [1.165, 1.54) is 0 Å². The van der Waals surface area contributed by atoms with E-state index in [1.54, 1.807) is 0 Å². The monoisotopic (exact) mass is 247 g/mol. The van der Waals surface area contributed by atoms with E-state index >= 15 is 0 Å². The molecule has 7 heteroatoms. The van der Waals surface area contributed by atoms with Crippen LogP contribution < -0.4 is 10.5 Å². The van der Waals surface area contributed by atoms with E-state index in [9.17, 15) is 12.8 Å². The van der Waals surface area contributed by atoms with E-state index in [2.05, 4.69) is 9.71 Å². The third kappa shape index (κ3) is 3.51. The molecule has 90 valence electrons. The van der Waals surface area contributed by atoms with Crippen molar-refractivity contribution in [2.24, 2.45) is 5.73 Å². The number of hydrogen-bond donors (Lipinski definition) is 2. The van der Waals surface area contributed by atoms with Crippen LogP contribution in [0.5, 0.6) is 0 Å². The van der Waals surface area contributed by atoms with Gasteiger partial charge in [0, 0.05) is 18.8 Å². The van der Waals surface area contributed by atoms with Crippen LogP contribution in [0.15, 0.2) is 23.4 Å². The molecular formula is C9H14FN3O2S. The summed E-state index contributed by atoms with van der Waals surface area (Å²) in [6.45, 7) is 1.97. The number of halogens is 1. The summed E-state index contributed by atoms with van der Waals surface area (Å²) in [5.74, 6) is -0.692. The van der Waals surface area contributed by atoms with Gasteiger partial charge in [-0.25, -0.2) is 17.5 Å². The maximum Gasteiger partial charge on any atom is 0.242 e. The van der Waals surface area contributed by atoms with Gasteiger partial charge in [0.1, 0.15) is 10.7 Å². The number of hydrogen-bond acceptors (Lipinski definition) is 4. The van der Waals surface area contributed by atoms with Crippen molar-refractivity contribution in [3.05, 3.63) is 24.3 Å². The Morgan fingerprint density at radius 3 is 2.81 bits per heavy atom. The molecule has 16 heavy (non-hydrogen) atoms. The lowest BCUT2D eigenvalue weighted by atomic mass is 10.2. The maximum atomic E-state index is 12.8. The normalized spacial score (nSPS) is 13.7. The Bertz CT molecular complexity index is 450. The number of rotatable bonds is 5. The molecule has 0 bridgehead atoms. The standard InChI is InChI=1S/C9H14FN3O2S/c1-2-8(11)5-13-16(14,15)9-3-7(10)4-12-6-9/h3-4,6,8,13H,2,5,11H2,1H3. The highest BCUT2D eigenvalue weighted by atomic mass is 32.2. The van der Waals surface area contributed by atoms with Crippen LogP contribution in [-0.2, 0) is 10.0 Å². The fourth-order valence-corrected chi connectivity index (χ4v) is 2.05. The molecule has 0 aliphatic carbocycles. The van der Waals surface area contributed by atoms with E-state index in [-0.39, 0.29) is 17.5 Å². The molecule has 3 N–H and O–H groups in total. The highest BCUT2D eigenvalue weighted by molar-refractivity contribution is 7.89. The van der Waals surface area contributed by atoms with Crippen molar-refractivity contribution < 1.29 is 12.8 Å². The number of nitrogens with one attached hydrogen (secondary N) is 1. The van der Waals surface area contributed by atoms with Crippen molar-refractivity contribution in [2.45, 2.75) is 24.3 Å². The molecule has 0 aliphatic heterocycles. The molecule has 0 aliphatic rings. The summed E-state index contributed by atoms with van der Waals surface area (Å²) in [4.78, 5) is 3.27. The summed E-state index contributed by atoms with van der Waals surface area (Å²) >= 11 is 0. The fraction of sp³-hybridized carbons (Fsp3) is 0.444. The van der Waals surface area contributed by atoms with Gasteiger partial charge in [-0.15, -0.1) is 0 Å². The van der Waals surface area contributed by atoms with E-state index in [4.69, 9.17) is 5.73 Å². The van der Waals surface area contributed by atoms with E-state index in [0.717, 1.165) is 18.5 Å². The molecule has 0 saturated heterocycles. The van der Waals surface area contributed by atoms with Crippen LogP contribution in [0.4, 0.5) is 4.39 Å². The minimum absolute atomic E-state index is 0.120. The SMILES string of the molecule is CCC(N)CNS(=O)(=O)c1cncc(F)c1. The van der Waals surface area contributed by atoms with Crippen LogP contribution in [0, 0.1) is 5.82 Å².